The van der Waals surface area contributed by atoms with Crippen molar-refractivity contribution in [2.45, 2.75) is 63.5 Å². The molecule has 1 saturated heterocycles. The van der Waals surface area contributed by atoms with Gasteiger partial charge in [-0.2, -0.15) is 0 Å². The van der Waals surface area contributed by atoms with E-state index in [4.69, 9.17) is 5.73 Å². The van der Waals surface area contributed by atoms with Gasteiger partial charge in [-0.05, 0) is 37.7 Å². The van der Waals surface area contributed by atoms with Gasteiger partial charge in [-0.1, -0.05) is 49.6 Å². The number of hydrogen-bond acceptors (Lipinski definition) is 3. The monoisotopic (exact) mass is 357 g/mol. The Hall–Kier alpha value is -1.88. The van der Waals surface area contributed by atoms with E-state index in [1.165, 1.54) is 19.3 Å². The van der Waals surface area contributed by atoms with Crippen LogP contribution in [0.1, 0.15) is 50.5 Å². The summed E-state index contributed by atoms with van der Waals surface area (Å²) in [7, 11) is 0. The second-order valence-corrected chi connectivity index (χ2v) is 7.74. The second-order valence-electron chi connectivity index (χ2n) is 7.74. The van der Waals surface area contributed by atoms with Crippen molar-refractivity contribution in [3.63, 3.8) is 0 Å². The van der Waals surface area contributed by atoms with E-state index in [-0.39, 0.29) is 23.8 Å². The average molecular weight is 357 g/mol. The number of amides is 2. The van der Waals surface area contributed by atoms with Gasteiger partial charge in [-0.25, -0.2) is 0 Å². The number of nitrogens with one attached hydrogen (secondary N) is 1. The summed E-state index contributed by atoms with van der Waals surface area (Å²) in [4.78, 5) is 26.8. The number of piperidine rings is 1. The molecule has 0 radical (unpaired) electrons. The molecule has 0 aromatic heterocycles. The largest absolute Gasteiger partial charge is 0.353 e. The molecule has 0 spiro atoms. The minimum Gasteiger partial charge on any atom is -0.353 e. The molecule has 1 aromatic carbocycles. The number of rotatable bonds is 5. The zero-order chi connectivity index (χ0) is 18.4. The molecule has 2 fully saturated rings. The van der Waals surface area contributed by atoms with E-state index < -0.39 is 6.04 Å². The summed E-state index contributed by atoms with van der Waals surface area (Å²) in [5, 5.41) is 3.21. The van der Waals surface area contributed by atoms with Gasteiger partial charge in [0.2, 0.25) is 11.8 Å². The molecule has 0 bridgehead atoms. The van der Waals surface area contributed by atoms with Crippen molar-refractivity contribution < 1.29 is 9.59 Å². The van der Waals surface area contributed by atoms with Gasteiger partial charge in [0.1, 0.15) is 0 Å². The normalized spacial score (nSPS) is 20.6. The van der Waals surface area contributed by atoms with Crippen LogP contribution in [0.15, 0.2) is 30.3 Å². The van der Waals surface area contributed by atoms with Crippen LogP contribution in [0, 0.1) is 5.92 Å². The molecule has 5 nitrogen and oxygen atoms in total. The van der Waals surface area contributed by atoms with Gasteiger partial charge in [-0.3, -0.25) is 9.59 Å². The summed E-state index contributed by atoms with van der Waals surface area (Å²) < 4.78 is 0. The van der Waals surface area contributed by atoms with Crippen LogP contribution in [0.2, 0.25) is 0 Å². The van der Waals surface area contributed by atoms with Crippen LogP contribution in [0.4, 0.5) is 0 Å². The first kappa shape index (κ1) is 18.9. The second kappa shape index (κ2) is 9.17. The highest BCUT2D eigenvalue weighted by Gasteiger charge is 2.29. The maximum atomic E-state index is 12.6. The number of carbonyl (C=O) groups excluding carboxylic acids is 2. The van der Waals surface area contributed by atoms with Gasteiger partial charge in [0.05, 0.1) is 6.04 Å². The highest BCUT2D eigenvalue weighted by molar-refractivity contribution is 5.82. The SMILES string of the molecule is N[C@@H](Cc1ccccc1)C(=O)N1CCC(NC(=O)C2CCCCC2)CC1. The van der Waals surface area contributed by atoms with Crippen molar-refractivity contribution in [1.29, 1.82) is 0 Å². The third kappa shape index (κ3) is 5.07. The third-order valence-electron chi connectivity index (χ3n) is 5.74. The molecular formula is C21H31N3O2. The Labute approximate surface area is 156 Å². The van der Waals surface area contributed by atoms with Gasteiger partial charge in [-0.15, -0.1) is 0 Å². The Morgan fingerprint density at radius 1 is 1.04 bits per heavy atom. The van der Waals surface area contributed by atoms with Gasteiger partial charge < -0.3 is 16.0 Å². The van der Waals surface area contributed by atoms with Crippen molar-refractivity contribution in [3.8, 4) is 0 Å². The quantitative estimate of drug-likeness (QED) is 0.849. The van der Waals surface area contributed by atoms with Crippen LogP contribution in [-0.4, -0.2) is 41.9 Å². The van der Waals surface area contributed by atoms with Gasteiger partial charge in [0.25, 0.3) is 0 Å². The Bertz CT molecular complexity index is 591. The lowest BCUT2D eigenvalue weighted by atomic mass is 9.88. The minimum absolute atomic E-state index is 0.0194. The van der Waals surface area contributed by atoms with Crippen LogP contribution in [0.5, 0.6) is 0 Å². The first-order valence-electron chi connectivity index (χ1n) is 10.0. The minimum atomic E-state index is -0.495. The van der Waals surface area contributed by atoms with Crippen molar-refractivity contribution in [2.75, 3.05) is 13.1 Å². The van der Waals surface area contributed by atoms with Crippen LogP contribution in [0.25, 0.3) is 0 Å². The Morgan fingerprint density at radius 3 is 2.35 bits per heavy atom. The molecule has 2 amide bonds. The highest BCUT2D eigenvalue weighted by Crippen LogP contribution is 2.24. The van der Waals surface area contributed by atoms with E-state index in [1.807, 2.05) is 35.2 Å². The summed E-state index contributed by atoms with van der Waals surface area (Å²) >= 11 is 0. The van der Waals surface area contributed by atoms with Crippen LogP contribution in [0.3, 0.4) is 0 Å². The van der Waals surface area contributed by atoms with E-state index in [0.29, 0.717) is 19.5 Å². The van der Waals surface area contributed by atoms with Gasteiger partial charge >= 0.3 is 0 Å². The fraction of sp³-hybridized carbons (Fsp3) is 0.619. The predicted octanol–water partition coefficient (Wildman–Crippen LogP) is 2.24. The van der Waals surface area contributed by atoms with Gasteiger partial charge in [0, 0.05) is 25.0 Å². The first-order valence-corrected chi connectivity index (χ1v) is 10.0. The number of likely N-dealkylation sites (tertiary alicyclic amines) is 1. The molecule has 1 saturated carbocycles. The zero-order valence-electron chi connectivity index (χ0n) is 15.5. The molecule has 2 aliphatic rings. The van der Waals surface area contributed by atoms with Crippen molar-refractivity contribution in [3.05, 3.63) is 35.9 Å². The number of carbonyl (C=O) groups is 2. The standard InChI is InChI=1S/C21H31N3O2/c22-19(15-16-7-3-1-4-8-16)21(26)24-13-11-18(12-14-24)23-20(25)17-9-5-2-6-10-17/h1,3-4,7-8,17-19H,2,5-6,9-15,22H2,(H,23,25)/t19-/m0/s1. The molecule has 1 aromatic rings. The molecule has 1 aliphatic heterocycles. The summed E-state index contributed by atoms with van der Waals surface area (Å²) in [6, 6.07) is 9.59. The zero-order valence-corrected chi connectivity index (χ0v) is 15.5. The molecule has 5 heteroatoms. The topological polar surface area (TPSA) is 75.4 Å². The molecule has 1 heterocycles. The maximum Gasteiger partial charge on any atom is 0.239 e. The third-order valence-corrected chi connectivity index (χ3v) is 5.74. The number of nitrogens with zero attached hydrogens (tertiary/aromatic N) is 1. The fourth-order valence-electron chi connectivity index (χ4n) is 4.12. The van der Waals surface area contributed by atoms with Gasteiger partial charge in [0.15, 0.2) is 0 Å². The lowest BCUT2D eigenvalue weighted by Gasteiger charge is -2.34. The fourth-order valence-corrected chi connectivity index (χ4v) is 4.12. The smallest absolute Gasteiger partial charge is 0.239 e. The van der Waals surface area contributed by atoms with E-state index in [0.717, 1.165) is 31.2 Å². The Kier molecular flexibility index (Phi) is 6.67. The number of nitrogens with two attached hydrogens (primary N) is 1. The predicted molar refractivity (Wildman–Crippen MR) is 102 cm³/mol. The summed E-state index contributed by atoms with van der Waals surface area (Å²) in [5.41, 5.74) is 7.22. The molecule has 142 valence electrons. The van der Waals surface area contributed by atoms with Crippen molar-refractivity contribution in [1.82, 2.24) is 10.2 Å². The number of benzene rings is 1. The van der Waals surface area contributed by atoms with Crippen molar-refractivity contribution >= 4 is 11.8 Å². The summed E-state index contributed by atoms with van der Waals surface area (Å²) in [6.07, 6.45) is 7.86. The van der Waals surface area contributed by atoms with E-state index in [9.17, 15) is 9.59 Å². The molecule has 1 atom stereocenters. The Morgan fingerprint density at radius 2 is 1.69 bits per heavy atom. The van der Waals surface area contributed by atoms with Crippen molar-refractivity contribution in [2.24, 2.45) is 11.7 Å². The van der Waals surface area contributed by atoms with Crippen LogP contribution >= 0.6 is 0 Å². The molecule has 3 rings (SSSR count). The first-order chi connectivity index (χ1) is 12.6. The molecule has 3 N–H and O–H groups in total. The van der Waals surface area contributed by atoms with E-state index in [2.05, 4.69) is 5.32 Å². The maximum absolute atomic E-state index is 12.6. The average Bonchev–Trinajstić information content (AvgIpc) is 2.69. The lowest BCUT2D eigenvalue weighted by Crippen LogP contribution is -2.52. The lowest BCUT2D eigenvalue weighted by molar-refractivity contribution is -0.134. The molecule has 0 unspecified atom stereocenters. The summed E-state index contributed by atoms with van der Waals surface area (Å²) in [5.74, 6) is 0.434. The highest BCUT2D eigenvalue weighted by atomic mass is 16.2. The molecule has 1 aliphatic carbocycles. The van der Waals surface area contributed by atoms with E-state index in [1.54, 1.807) is 0 Å². The van der Waals surface area contributed by atoms with Crippen LogP contribution in [-0.2, 0) is 16.0 Å². The van der Waals surface area contributed by atoms with Crippen LogP contribution < -0.4 is 11.1 Å². The molecular weight excluding hydrogens is 326 g/mol. The Balaban J connectivity index is 1.42. The number of hydrogen-bond donors (Lipinski definition) is 2. The van der Waals surface area contributed by atoms with E-state index >= 15 is 0 Å². The molecule has 26 heavy (non-hydrogen) atoms. The summed E-state index contributed by atoms with van der Waals surface area (Å²) in [6.45, 7) is 1.36.